The van der Waals surface area contributed by atoms with Gasteiger partial charge in [0.05, 0.1) is 16.2 Å². The first-order chi connectivity index (χ1) is 8.65. The zero-order valence-electron chi connectivity index (χ0n) is 9.57. The number of halogens is 2. The molecule has 1 saturated carbocycles. The molecule has 3 rings (SSSR count). The standard InChI is InChI=1S/C13H12BrFN2S/c14-9-5-8(3-4-10(9)15)11-6-18-13(17-11)12(16)7-1-2-7/h3-7,12H,1-2,16H2. The van der Waals surface area contributed by atoms with E-state index in [0.29, 0.717) is 10.4 Å². The summed E-state index contributed by atoms with van der Waals surface area (Å²) in [4.78, 5) is 4.56. The lowest BCUT2D eigenvalue weighted by Gasteiger charge is -2.04. The van der Waals surface area contributed by atoms with E-state index in [1.165, 1.54) is 18.9 Å². The van der Waals surface area contributed by atoms with Crippen LogP contribution in [0.25, 0.3) is 11.3 Å². The molecule has 18 heavy (non-hydrogen) atoms. The Morgan fingerprint density at radius 3 is 2.89 bits per heavy atom. The van der Waals surface area contributed by atoms with Crippen molar-refractivity contribution in [2.24, 2.45) is 11.7 Å². The summed E-state index contributed by atoms with van der Waals surface area (Å²) in [5, 5.41) is 2.96. The molecule has 0 amide bonds. The molecule has 0 aliphatic heterocycles. The van der Waals surface area contributed by atoms with E-state index in [9.17, 15) is 4.39 Å². The molecular weight excluding hydrogens is 315 g/mol. The van der Waals surface area contributed by atoms with Gasteiger partial charge in [0.2, 0.25) is 0 Å². The minimum absolute atomic E-state index is 0.0626. The van der Waals surface area contributed by atoms with Crippen LogP contribution in [-0.4, -0.2) is 4.98 Å². The van der Waals surface area contributed by atoms with Crippen LogP contribution in [0, 0.1) is 11.7 Å². The third-order valence-corrected chi connectivity index (χ3v) is 4.71. The maximum Gasteiger partial charge on any atom is 0.137 e. The quantitative estimate of drug-likeness (QED) is 0.921. The Labute approximate surface area is 117 Å². The van der Waals surface area contributed by atoms with Crippen molar-refractivity contribution in [1.82, 2.24) is 4.98 Å². The monoisotopic (exact) mass is 326 g/mol. The van der Waals surface area contributed by atoms with Gasteiger partial charge in [-0.05, 0) is 52.9 Å². The van der Waals surface area contributed by atoms with Gasteiger partial charge in [0.15, 0.2) is 0 Å². The zero-order valence-corrected chi connectivity index (χ0v) is 12.0. The van der Waals surface area contributed by atoms with Gasteiger partial charge in [-0.3, -0.25) is 0 Å². The molecule has 1 aliphatic rings. The molecule has 0 bridgehead atoms. The summed E-state index contributed by atoms with van der Waals surface area (Å²) in [6.45, 7) is 0. The van der Waals surface area contributed by atoms with Crippen molar-refractivity contribution < 1.29 is 4.39 Å². The summed E-state index contributed by atoms with van der Waals surface area (Å²) in [5.41, 5.74) is 7.90. The average Bonchev–Trinajstić information content (AvgIpc) is 3.09. The second kappa shape index (κ2) is 4.72. The van der Waals surface area contributed by atoms with E-state index in [1.807, 2.05) is 5.38 Å². The minimum atomic E-state index is -0.260. The lowest BCUT2D eigenvalue weighted by atomic mass is 10.1. The van der Waals surface area contributed by atoms with E-state index in [4.69, 9.17) is 5.73 Å². The van der Waals surface area contributed by atoms with Crippen molar-refractivity contribution in [1.29, 1.82) is 0 Å². The van der Waals surface area contributed by atoms with Crippen LogP contribution in [0.1, 0.15) is 23.9 Å². The summed E-state index contributed by atoms with van der Waals surface area (Å²) < 4.78 is 13.6. The molecule has 0 radical (unpaired) electrons. The van der Waals surface area contributed by atoms with Crippen LogP contribution in [0.5, 0.6) is 0 Å². The first-order valence-electron chi connectivity index (χ1n) is 5.81. The Morgan fingerprint density at radius 2 is 2.22 bits per heavy atom. The van der Waals surface area contributed by atoms with Gasteiger partial charge in [0, 0.05) is 10.9 Å². The SMILES string of the molecule is NC(c1nc(-c2ccc(F)c(Br)c2)cs1)C1CC1. The molecule has 0 spiro atoms. The highest BCUT2D eigenvalue weighted by Crippen LogP contribution is 2.41. The van der Waals surface area contributed by atoms with E-state index < -0.39 is 0 Å². The van der Waals surface area contributed by atoms with Crippen molar-refractivity contribution in [3.05, 3.63) is 38.9 Å². The van der Waals surface area contributed by atoms with Crippen LogP contribution >= 0.6 is 27.3 Å². The Kier molecular flexibility index (Phi) is 3.21. The van der Waals surface area contributed by atoms with E-state index in [-0.39, 0.29) is 11.9 Å². The number of hydrogen-bond acceptors (Lipinski definition) is 3. The highest BCUT2D eigenvalue weighted by molar-refractivity contribution is 9.10. The molecule has 1 fully saturated rings. The Bertz CT molecular complexity index is 580. The van der Waals surface area contributed by atoms with E-state index >= 15 is 0 Å². The Morgan fingerprint density at radius 1 is 1.44 bits per heavy atom. The minimum Gasteiger partial charge on any atom is -0.322 e. The molecular formula is C13H12BrFN2S. The van der Waals surface area contributed by atoms with E-state index in [1.54, 1.807) is 23.5 Å². The van der Waals surface area contributed by atoms with Gasteiger partial charge >= 0.3 is 0 Å². The molecule has 2 N–H and O–H groups in total. The first-order valence-corrected chi connectivity index (χ1v) is 7.49. The van der Waals surface area contributed by atoms with Crippen molar-refractivity contribution in [3.63, 3.8) is 0 Å². The summed E-state index contributed by atoms with van der Waals surface area (Å²) in [6, 6.07) is 4.99. The largest absolute Gasteiger partial charge is 0.322 e. The maximum atomic E-state index is 13.2. The topological polar surface area (TPSA) is 38.9 Å². The molecule has 94 valence electrons. The van der Waals surface area contributed by atoms with E-state index in [2.05, 4.69) is 20.9 Å². The van der Waals surface area contributed by atoms with Gasteiger partial charge in [-0.1, -0.05) is 0 Å². The first kappa shape index (κ1) is 12.3. The predicted octanol–water partition coefficient (Wildman–Crippen LogP) is 4.12. The summed E-state index contributed by atoms with van der Waals surface area (Å²) in [7, 11) is 0. The molecule has 1 aromatic carbocycles. The predicted molar refractivity (Wildman–Crippen MR) is 74.9 cm³/mol. The van der Waals surface area contributed by atoms with Crippen LogP contribution in [0.3, 0.4) is 0 Å². The smallest absolute Gasteiger partial charge is 0.137 e. The van der Waals surface area contributed by atoms with Crippen LogP contribution in [0.4, 0.5) is 4.39 Å². The van der Waals surface area contributed by atoms with Crippen LogP contribution in [-0.2, 0) is 0 Å². The fourth-order valence-electron chi connectivity index (χ4n) is 1.89. The summed E-state index contributed by atoms with van der Waals surface area (Å²) >= 11 is 4.77. The Hall–Kier alpha value is -0.780. The van der Waals surface area contributed by atoms with Crippen LogP contribution < -0.4 is 5.73 Å². The second-order valence-electron chi connectivity index (χ2n) is 4.56. The number of nitrogens with zero attached hydrogens (tertiary/aromatic N) is 1. The number of benzene rings is 1. The number of nitrogens with two attached hydrogens (primary N) is 1. The van der Waals surface area contributed by atoms with Crippen LogP contribution in [0.15, 0.2) is 28.1 Å². The summed E-state index contributed by atoms with van der Waals surface area (Å²) in [5.74, 6) is 0.341. The molecule has 2 aromatic rings. The lowest BCUT2D eigenvalue weighted by molar-refractivity contribution is 0.621. The summed E-state index contributed by atoms with van der Waals surface area (Å²) in [6.07, 6.45) is 2.41. The maximum absolute atomic E-state index is 13.2. The number of aromatic nitrogens is 1. The molecule has 5 heteroatoms. The van der Waals surface area contributed by atoms with Gasteiger partial charge < -0.3 is 5.73 Å². The molecule has 1 unspecified atom stereocenters. The Balaban J connectivity index is 1.89. The average molecular weight is 327 g/mol. The lowest BCUT2D eigenvalue weighted by Crippen LogP contribution is -2.11. The number of thiazole rings is 1. The molecule has 1 atom stereocenters. The van der Waals surface area contributed by atoms with Crippen molar-refractivity contribution in [2.75, 3.05) is 0 Å². The fraction of sp³-hybridized carbons (Fsp3) is 0.308. The molecule has 0 saturated heterocycles. The van der Waals surface area contributed by atoms with Gasteiger partial charge in [-0.25, -0.2) is 9.37 Å². The highest BCUT2D eigenvalue weighted by atomic mass is 79.9. The third-order valence-electron chi connectivity index (χ3n) is 3.15. The van der Waals surface area contributed by atoms with E-state index in [0.717, 1.165) is 16.3 Å². The number of rotatable bonds is 3. The fourth-order valence-corrected chi connectivity index (χ4v) is 3.19. The number of hydrogen-bond donors (Lipinski definition) is 1. The normalized spacial score (nSPS) is 16.8. The highest BCUT2D eigenvalue weighted by Gasteiger charge is 2.31. The van der Waals surface area contributed by atoms with Gasteiger partial charge in [-0.2, -0.15) is 0 Å². The van der Waals surface area contributed by atoms with Crippen molar-refractivity contribution in [2.45, 2.75) is 18.9 Å². The van der Waals surface area contributed by atoms with Gasteiger partial charge in [0.25, 0.3) is 0 Å². The molecule has 1 heterocycles. The third kappa shape index (κ3) is 2.35. The van der Waals surface area contributed by atoms with Gasteiger partial charge in [-0.15, -0.1) is 11.3 Å². The van der Waals surface area contributed by atoms with Crippen molar-refractivity contribution in [3.8, 4) is 11.3 Å². The molecule has 1 aliphatic carbocycles. The molecule has 1 aromatic heterocycles. The van der Waals surface area contributed by atoms with Crippen molar-refractivity contribution >= 4 is 27.3 Å². The second-order valence-corrected chi connectivity index (χ2v) is 6.31. The van der Waals surface area contributed by atoms with Crippen LogP contribution in [0.2, 0.25) is 0 Å². The van der Waals surface area contributed by atoms with Gasteiger partial charge in [0.1, 0.15) is 10.8 Å². The zero-order chi connectivity index (χ0) is 12.7. The molecule has 2 nitrogen and oxygen atoms in total.